The number of rotatable bonds is 6. The highest BCUT2D eigenvalue weighted by atomic mass is 32.2. The van der Waals surface area contributed by atoms with Crippen molar-refractivity contribution >= 4 is 10.0 Å². The summed E-state index contributed by atoms with van der Waals surface area (Å²) < 4.78 is 49.0. The Labute approximate surface area is 192 Å². The number of aromatic nitrogens is 2. The Balaban J connectivity index is 1.58. The van der Waals surface area contributed by atoms with E-state index in [1.54, 1.807) is 36.5 Å². The van der Waals surface area contributed by atoms with Gasteiger partial charge in [-0.15, -0.1) is 0 Å². The molecule has 2 aromatic heterocycles. The summed E-state index contributed by atoms with van der Waals surface area (Å²) in [5.74, 6) is 0.715. The highest BCUT2D eigenvalue weighted by Gasteiger charge is 2.33. The third kappa shape index (κ3) is 3.82. The van der Waals surface area contributed by atoms with Crippen LogP contribution in [0.2, 0.25) is 0 Å². The smallest absolute Gasteiger partial charge is 0.269 e. The summed E-state index contributed by atoms with van der Waals surface area (Å²) in [7, 11) is -4.00. The fourth-order valence-electron chi connectivity index (χ4n) is 4.48. The average Bonchev–Trinajstić information content (AvgIpc) is 3.40. The van der Waals surface area contributed by atoms with Crippen LogP contribution in [0.15, 0.2) is 84.0 Å². The van der Waals surface area contributed by atoms with E-state index in [-0.39, 0.29) is 22.3 Å². The Hall–Kier alpha value is -3.45. The van der Waals surface area contributed by atoms with Crippen LogP contribution < -0.4 is 4.74 Å². The maximum absolute atomic E-state index is 14.8. The number of pyridine rings is 1. The van der Waals surface area contributed by atoms with Gasteiger partial charge in [0.1, 0.15) is 16.5 Å². The number of nitrogens with zero attached hydrogens (tertiary/aromatic N) is 2. The summed E-state index contributed by atoms with van der Waals surface area (Å²) in [6, 6.07) is 18.4. The molecule has 0 saturated heterocycles. The van der Waals surface area contributed by atoms with Gasteiger partial charge in [0.25, 0.3) is 10.0 Å². The van der Waals surface area contributed by atoms with Gasteiger partial charge < -0.3 is 4.74 Å². The predicted molar refractivity (Wildman–Crippen MR) is 125 cm³/mol. The molecule has 0 saturated carbocycles. The summed E-state index contributed by atoms with van der Waals surface area (Å²) in [4.78, 5) is 4.21. The molecule has 1 atom stereocenters. The SMILES string of the molecule is CCC1CCc2c1cn(S(=O)(=O)c1ccc(Oc3ccccc3)nc1)c2-c1ccccc1F. The molecule has 5 nitrogen and oxygen atoms in total. The average molecular weight is 463 g/mol. The van der Waals surface area contributed by atoms with Crippen molar-refractivity contribution in [3.8, 4) is 22.9 Å². The molecule has 33 heavy (non-hydrogen) atoms. The van der Waals surface area contributed by atoms with Gasteiger partial charge in [-0.2, -0.15) is 0 Å². The molecular weight excluding hydrogens is 439 g/mol. The molecule has 168 valence electrons. The van der Waals surface area contributed by atoms with Gasteiger partial charge >= 0.3 is 0 Å². The first-order chi connectivity index (χ1) is 16.0. The minimum absolute atomic E-state index is 0.0159. The predicted octanol–water partition coefficient (Wildman–Crippen LogP) is 6.16. The van der Waals surface area contributed by atoms with Crippen LogP contribution >= 0.6 is 0 Å². The molecule has 0 N–H and O–H groups in total. The van der Waals surface area contributed by atoms with Crippen molar-refractivity contribution in [2.75, 3.05) is 0 Å². The summed E-state index contributed by atoms with van der Waals surface area (Å²) in [6.07, 6.45) is 5.52. The maximum Gasteiger partial charge on any atom is 0.269 e. The van der Waals surface area contributed by atoms with Crippen molar-refractivity contribution in [3.63, 3.8) is 0 Å². The van der Waals surface area contributed by atoms with Crippen LogP contribution in [-0.4, -0.2) is 17.4 Å². The Morgan fingerprint density at radius 1 is 1.06 bits per heavy atom. The molecule has 4 aromatic rings. The van der Waals surface area contributed by atoms with E-state index in [1.165, 1.54) is 28.4 Å². The Morgan fingerprint density at radius 2 is 1.82 bits per heavy atom. The van der Waals surface area contributed by atoms with E-state index >= 15 is 0 Å². The van der Waals surface area contributed by atoms with E-state index in [2.05, 4.69) is 11.9 Å². The van der Waals surface area contributed by atoms with Gasteiger partial charge in [-0.1, -0.05) is 37.3 Å². The van der Waals surface area contributed by atoms with Gasteiger partial charge in [0.2, 0.25) is 5.88 Å². The van der Waals surface area contributed by atoms with E-state index in [0.717, 1.165) is 30.4 Å². The summed E-state index contributed by atoms with van der Waals surface area (Å²) in [6.45, 7) is 2.09. The number of fused-ring (bicyclic) bond motifs is 1. The van der Waals surface area contributed by atoms with Crippen LogP contribution in [0, 0.1) is 5.82 Å². The van der Waals surface area contributed by atoms with E-state index in [9.17, 15) is 12.8 Å². The zero-order valence-corrected chi connectivity index (χ0v) is 18.9. The summed E-state index contributed by atoms with van der Waals surface area (Å²) in [5, 5.41) is 0. The lowest BCUT2D eigenvalue weighted by Crippen LogP contribution is -2.15. The number of hydrogen-bond acceptors (Lipinski definition) is 4. The second-order valence-electron chi connectivity index (χ2n) is 8.08. The molecule has 0 aliphatic heterocycles. The van der Waals surface area contributed by atoms with Crippen molar-refractivity contribution in [3.05, 3.63) is 96.1 Å². The minimum atomic E-state index is -4.00. The fourth-order valence-corrected chi connectivity index (χ4v) is 5.83. The number of halogens is 1. The summed E-state index contributed by atoms with van der Waals surface area (Å²) >= 11 is 0. The first kappa shape index (κ1) is 21.4. The van der Waals surface area contributed by atoms with E-state index in [4.69, 9.17) is 4.74 Å². The van der Waals surface area contributed by atoms with Gasteiger partial charge in [-0.05, 0) is 66.6 Å². The lowest BCUT2D eigenvalue weighted by Gasteiger charge is -2.14. The number of ether oxygens (including phenoxy) is 1. The largest absolute Gasteiger partial charge is 0.439 e. The first-order valence-corrected chi connectivity index (χ1v) is 12.4. The van der Waals surface area contributed by atoms with Gasteiger partial charge in [0.15, 0.2) is 0 Å². The topological polar surface area (TPSA) is 61.2 Å². The molecule has 0 fully saturated rings. The second kappa shape index (κ2) is 8.48. The Kier molecular flexibility index (Phi) is 5.50. The third-order valence-electron chi connectivity index (χ3n) is 6.15. The number of hydrogen-bond donors (Lipinski definition) is 0. The van der Waals surface area contributed by atoms with Crippen molar-refractivity contribution in [2.45, 2.75) is 37.0 Å². The Bertz CT molecular complexity index is 1400. The van der Waals surface area contributed by atoms with Crippen molar-refractivity contribution in [1.82, 2.24) is 8.96 Å². The van der Waals surface area contributed by atoms with E-state index < -0.39 is 15.8 Å². The lowest BCUT2D eigenvalue weighted by molar-refractivity contribution is 0.462. The second-order valence-corrected chi connectivity index (χ2v) is 9.90. The molecule has 2 heterocycles. The van der Waals surface area contributed by atoms with Crippen LogP contribution in [-0.2, 0) is 16.4 Å². The standard InChI is InChI=1S/C26H23FN2O3S/c1-2-18-12-14-21-23(18)17-29(26(21)22-10-6-7-11-24(22)27)33(30,31)20-13-15-25(28-16-20)32-19-8-4-3-5-9-19/h3-11,13,15-18H,2,12,14H2,1H3. The van der Waals surface area contributed by atoms with Gasteiger partial charge in [-0.3, -0.25) is 0 Å². The minimum Gasteiger partial charge on any atom is -0.439 e. The molecular formula is C26H23FN2O3S. The van der Waals surface area contributed by atoms with Crippen LogP contribution in [0.4, 0.5) is 4.39 Å². The molecule has 0 spiro atoms. The van der Waals surface area contributed by atoms with E-state index in [0.29, 0.717) is 11.4 Å². The van der Waals surface area contributed by atoms with Gasteiger partial charge in [0.05, 0.1) is 11.9 Å². The summed E-state index contributed by atoms with van der Waals surface area (Å²) in [5.41, 5.74) is 2.59. The van der Waals surface area contributed by atoms with Gasteiger partial charge in [-0.25, -0.2) is 21.8 Å². The van der Waals surface area contributed by atoms with Crippen molar-refractivity contribution in [2.24, 2.45) is 0 Å². The highest BCUT2D eigenvalue weighted by molar-refractivity contribution is 7.90. The molecule has 1 unspecified atom stereocenters. The van der Waals surface area contributed by atoms with Crippen molar-refractivity contribution < 1.29 is 17.5 Å². The molecule has 0 amide bonds. The third-order valence-corrected chi connectivity index (χ3v) is 7.79. The molecule has 7 heteroatoms. The number of para-hydroxylation sites is 1. The van der Waals surface area contributed by atoms with E-state index in [1.807, 2.05) is 18.2 Å². The van der Waals surface area contributed by atoms with Gasteiger partial charge in [0, 0.05) is 17.8 Å². The quantitative estimate of drug-likeness (QED) is 0.344. The maximum atomic E-state index is 14.8. The zero-order chi connectivity index (χ0) is 23.0. The van der Waals surface area contributed by atoms with Crippen molar-refractivity contribution in [1.29, 1.82) is 0 Å². The molecule has 0 radical (unpaired) electrons. The Morgan fingerprint density at radius 3 is 2.52 bits per heavy atom. The zero-order valence-electron chi connectivity index (χ0n) is 18.1. The van der Waals surface area contributed by atoms with Crippen LogP contribution in [0.1, 0.15) is 36.8 Å². The molecule has 2 aromatic carbocycles. The lowest BCUT2D eigenvalue weighted by atomic mass is 10.0. The molecule has 1 aliphatic carbocycles. The first-order valence-electron chi connectivity index (χ1n) is 10.9. The van der Waals surface area contributed by atoms with Crippen LogP contribution in [0.25, 0.3) is 11.3 Å². The van der Waals surface area contributed by atoms with Crippen LogP contribution in [0.5, 0.6) is 11.6 Å². The monoisotopic (exact) mass is 462 g/mol. The molecule has 1 aliphatic rings. The molecule has 0 bridgehead atoms. The molecule has 5 rings (SSSR count). The number of benzene rings is 2. The normalized spacial score (nSPS) is 15.4. The highest BCUT2D eigenvalue weighted by Crippen LogP contribution is 2.43. The fraction of sp³-hybridized carbons (Fsp3) is 0.192. The van der Waals surface area contributed by atoms with Crippen LogP contribution in [0.3, 0.4) is 0 Å².